The zero-order valence-corrected chi connectivity index (χ0v) is 10.4. The normalized spacial score (nSPS) is 11.6. The molecule has 3 heteroatoms. The van der Waals surface area contributed by atoms with Gasteiger partial charge >= 0.3 is 5.91 Å². The predicted octanol–water partition coefficient (Wildman–Crippen LogP) is 2.38. The topological polar surface area (TPSA) is 52.9 Å². The third kappa shape index (κ3) is 4.28. The highest BCUT2D eigenvalue weighted by molar-refractivity contribution is 5.91. The lowest BCUT2D eigenvalue weighted by molar-refractivity contribution is -0.115. The van der Waals surface area contributed by atoms with Crippen LogP contribution >= 0.6 is 0 Å². The average Bonchev–Trinajstić information content (AvgIpc) is 2.38. The Balaban J connectivity index is 2.46. The number of hydrogen-bond donors (Lipinski definition) is 1. The highest BCUT2D eigenvalue weighted by Crippen LogP contribution is 2.18. The first-order valence-electron chi connectivity index (χ1n) is 5.94. The van der Waals surface area contributed by atoms with Crippen molar-refractivity contribution < 1.29 is 4.79 Å². The van der Waals surface area contributed by atoms with E-state index in [2.05, 4.69) is 43.4 Å². The first-order chi connectivity index (χ1) is 8.17. The summed E-state index contributed by atoms with van der Waals surface area (Å²) in [6, 6.07) is 9.97. The van der Waals surface area contributed by atoms with Crippen molar-refractivity contribution in [3.8, 4) is 6.07 Å². The lowest BCUT2D eigenvalue weighted by Crippen LogP contribution is -2.23. The van der Waals surface area contributed by atoms with Gasteiger partial charge in [-0.15, -0.1) is 0 Å². The summed E-state index contributed by atoms with van der Waals surface area (Å²) < 4.78 is 0. The first kappa shape index (κ1) is 13.2. The molecule has 1 N–H and O–H groups in total. The molecule has 1 aromatic rings. The minimum absolute atomic E-state index is 0.509. The molecule has 0 aliphatic rings. The molecular formula is C14H18N2O. The standard InChI is InChI=1S/C14H18N2O/c1-3-11(2)13-6-4-12(5-7-13)8-9-16-14(17)10-15/h4-7,11H,3,8-9H2,1-2H3,(H,16,17). The van der Waals surface area contributed by atoms with Crippen molar-refractivity contribution in [2.24, 2.45) is 0 Å². The van der Waals surface area contributed by atoms with Crippen LogP contribution in [0.1, 0.15) is 37.3 Å². The van der Waals surface area contributed by atoms with Gasteiger partial charge in [0.2, 0.25) is 0 Å². The molecule has 1 aromatic carbocycles. The van der Waals surface area contributed by atoms with Crippen molar-refractivity contribution in [2.45, 2.75) is 32.6 Å². The van der Waals surface area contributed by atoms with Crippen LogP contribution in [0.2, 0.25) is 0 Å². The van der Waals surface area contributed by atoms with E-state index >= 15 is 0 Å². The summed E-state index contributed by atoms with van der Waals surface area (Å²) in [6.45, 7) is 4.90. The molecule has 0 saturated heterocycles. The van der Waals surface area contributed by atoms with Gasteiger partial charge in [-0.05, 0) is 29.9 Å². The molecule has 17 heavy (non-hydrogen) atoms. The van der Waals surface area contributed by atoms with Crippen LogP contribution in [0.25, 0.3) is 0 Å². The summed E-state index contributed by atoms with van der Waals surface area (Å²) in [4.78, 5) is 10.7. The van der Waals surface area contributed by atoms with E-state index in [0.29, 0.717) is 12.5 Å². The maximum absolute atomic E-state index is 10.7. The van der Waals surface area contributed by atoms with Crippen LogP contribution in [0.15, 0.2) is 24.3 Å². The Morgan fingerprint density at radius 1 is 1.41 bits per heavy atom. The second kappa shape index (κ2) is 6.70. The summed E-state index contributed by atoms with van der Waals surface area (Å²) in [7, 11) is 0. The van der Waals surface area contributed by atoms with Crippen LogP contribution < -0.4 is 5.32 Å². The van der Waals surface area contributed by atoms with Gasteiger partial charge in [0.15, 0.2) is 6.07 Å². The van der Waals surface area contributed by atoms with Gasteiger partial charge in [0.25, 0.3) is 0 Å². The van der Waals surface area contributed by atoms with Gasteiger partial charge in [-0.2, -0.15) is 5.26 Å². The Kier molecular flexibility index (Phi) is 5.22. The number of carbonyl (C=O) groups excluding carboxylic acids is 1. The van der Waals surface area contributed by atoms with Gasteiger partial charge in [0, 0.05) is 6.54 Å². The van der Waals surface area contributed by atoms with E-state index in [4.69, 9.17) is 5.26 Å². The molecule has 1 rings (SSSR count). The summed E-state index contributed by atoms with van der Waals surface area (Å²) in [5.74, 6) is 0.0172. The van der Waals surface area contributed by atoms with Gasteiger partial charge < -0.3 is 5.32 Å². The molecule has 1 unspecified atom stereocenters. The van der Waals surface area contributed by atoms with E-state index in [1.807, 2.05) is 0 Å². The molecule has 3 nitrogen and oxygen atoms in total. The van der Waals surface area contributed by atoms with Gasteiger partial charge in [-0.3, -0.25) is 4.79 Å². The molecule has 0 bridgehead atoms. The lowest BCUT2D eigenvalue weighted by atomic mass is 9.97. The second-order valence-electron chi connectivity index (χ2n) is 4.17. The molecular weight excluding hydrogens is 212 g/mol. The molecule has 0 heterocycles. The Labute approximate surface area is 102 Å². The summed E-state index contributed by atoms with van der Waals surface area (Å²) in [5.41, 5.74) is 2.52. The summed E-state index contributed by atoms with van der Waals surface area (Å²) >= 11 is 0. The van der Waals surface area contributed by atoms with E-state index in [9.17, 15) is 4.79 Å². The van der Waals surface area contributed by atoms with Gasteiger partial charge in [-0.25, -0.2) is 0 Å². The SMILES string of the molecule is CCC(C)c1ccc(CCNC(=O)C#N)cc1. The lowest BCUT2D eigenvalue weighted by Gasteiger charge is -2.09. The smallest absolute Gasteiger partial charge is 0.322 e. The zero-order valence-electron chi connectivity index (χ0n) is 10.4. The molecule has 1 amide bonds. The number of amides is 1. The average molecular weight is 230 g/mol. The largest absolute Gasteiger partial charge is 0.343 e. The van der Waals surface area contributed by atoms with Crippen LogP contribution in [-0.2, 0) is 11.2 Å². The molecule has 0 saturated carbocycles. The van der Waals surface area contributed by atoms with Crippen molar-refractivity contribution in [2.75, 3.05) is 6.54 Å². The fraction of sp³-hybridized carbons (Fsp3) is 0.429. The highest BCUT2D eigenvalue weighted by Gasteiger charge is 2.02. The molecule has 0 spiro atoms. The number of benzene rings is 1. The third-order valence-electron chi connectivity index (χ3n) is 2.96. The minimum Gasteiger partial charge on any atom is -0.343 e. The van der Waals surface area contributed by atoms with E-state index in [0.717, 1.165) is 12.8 Å². The number of rotatable bonds is 5. The molecule has 1 atom stereocenters. The fourth-order valence-corrected chi connectivity index (χ4v) is 1.61. The van der Waals surface area contributed by atoms with Crippen LogP contribution in [-0.4, -0.2) is 12.5 Å². The summed E-state index contributed by atoms with van der Waals surface area (Å²) in [6.07, 6.45) is 1.89. The first-order valence-corrected chi connectivity index (χ1v) is 5.94. The predicted molar refractivity (Wildman–Crippen MR) is 67.5 cm³/mol. The fourth-order valence-electron chi connectivity index (χ4n) is 1.61. The summed E-state index contributed by atoms with van der Waals surface area (Å²) in [5, 5.41) is 10.8. The number of nitriles is 1. The van der Waals surface area contributed by atoms with E-state index in [-0.39, 0.29) is 0 Å². The van der Waals surface area contributed by atoms with Crippen molar-refractivity contribution in [3.05, 3.63) is 35.4 Å². The van der Waals surface area contributed by atoms with Crippen LogP contribution in [0, 0.1) is 11.3 Å². The number of nitrogens with one attached hydrogen (secondary N) is 1. The van der Waals surface area contributed by atoms with Crippen LogP contribution in [0.3, 0.4) is 0 Å². The number of hydrogen-bond acceptors (Lipinski definition) is 2. The molecule has 90 valence electrons. The van der Waals surface area contributed by atoms with Gasteiger partial charge in [0.1, 0.15) is 0 Å². The minimum atomic E-state index is -0.568. The Hall–Kier alpha value is -1.82. The molecule has 0 fully saturated rings. The van der Waals surface area contributed by atoms with E-state index in [1.165, 1.54) is 17.2 Å². The maximum atomic E-state index is 10.7. The number of nitrogens with zero attached hydrogens (tertiary/aromatic N) is 1. The van der Waals surface area contributed by atoms with E-state index in [1.54, 1.807) is 0 Å². The van der Waals surface area contributed by atoms with Crippen LogP contribution in [0.5, 0.6) is 0 Å². The van der Waals surface area contributed by atoms with Crippen molar-refractivity contribution in [1.29, 1.82) is 5.26 Å². The van der Waals surface area contributed by atoms with Crippen molar-refractivity contribution in [3.63, 3.8) is 0 Å². The molecule has 0 aromatic heterocycles. The second-order valence-corrected chi connectivity index (χ2v) is 4.17. The molecule has 0 radical (unpaired) electrons. The molecule has 0 aliphatic heterocycles. The Bertz CT molecular complexity index is 403. The third-order valence-corrected chi connectivity index (χ3v) is 2.96. The molecule has 0 aliphatic carbocycles. The zero-order chi connectivity index (χ0) is 12.7. The van der Waals surface area contributed by atoms with Crippen molar-refractivity contribution >= 4 is 5.91 Å². The maximum Gasteiger partial charge on any atom is 0.322 e. The Morgan fingerprint density at radius 3 is 2.59 bits per heavy atom. The van der Waals surface area contributed by atoms with Crippen molar-refractivity contribution in [1.82, 2.24) is 5.32 Å². The number of carbonyl (C=O) groups is 1. The van der Waals surface area contributed by atoms with Gasteiger partial charge in [0.05, 0.1) is 0 Å². The van der Waals surface area contributed by atoms with Gasteiger partial charge in [-0.1, -0.05) is 38.1 Å². The van der Waals surface area contributed by atoms with Crippen LogP contribution in [0.4, 0.5) is 0 Å². The quantitative estimate of drug-likeness (QED) is 0.789. The van der Waals surface area contributed by atoms with E-state index < -0.39 is 5.91 Å². The highest BCUT2D eigenvalue weighted by atomic mass is 16.1. The Morgan fingerprint density at radius 2 is 2.06 bits per heavy atom. The monoisotopic (exact) mass is 230 g/mol.